The quantitative estimate of drug-likeness (QED) is 0.930. The molecule has 1 unspecified atom stereocenters. The third-order valence-corrected chi connectivity index (χ3v) is 4.06. The summed E-state index contributed by atoms with van der Waals surface area (Å²) in [4.78, 5) is 0. The van der Waals surface area contributed by atoms with Gasteiger partial charge in [-0.2, -0.15) is 0 Å². The van der Waals surface area contributed by atoms with Crippen LogP contribution in [0, 0.1) is 0 Å². The molecule has 1 aromatic carbocycles. The molecule has 4 nitrogen and oxygen atoms in total. The predicted octanol–water partition coefficient (Wildman–Crippen LogP) is 3.12. The zero-order valence-corrected chi connectivity index (χ0v) is 12.6. The third kappa shape index (κ3) is 3.03. The first kappa shape index (κ1) is 14.0. The third-order valence-electron chi connectivity index (χ3n) is 3.78. The van der Waals surface area contributed by atoms with Crippen molar-refractivity contribution in [2.24, 2.45) is 0 Å². The van der Waals surface area contributed by atoms with E-state index < -0.39 is 0 Å². The fourth-order valence-electron chi connectivity index (χ4n) is 2.79. The zero-order chi connectivity index (χ0) is 14.2. The Hall–Kier alpha value is -0.970. The second-order valence-corrected chi connectivity index (χ2v) is 6.40. The van der Waals surface area contributed by atoms with Crippen molar-refractivity contribution in [2.75, 3.05) is 13.4 Å². The molecule has 2 aliphatic rings. The molecule has 1 fully saturated rings. The average Bonchev–Trinajstić information content (AvgIpc) is 2.84. The monoisotopic (exact) mass is 297 g/mol. The van der Waals surface area contributed by atoms with Crippen LogP contribution in [0.25, 0.3) is 0 Å². The molecule has 5 heteroatoms. The molecule has 0 bridgehead atoms. The molecule has 20 heavy (non-hydrogen) atoms. The molecule has 0 aliphatic carbocycles. The first-order valence-electron chi connectivity index (χ1n) is 6.99. The number of halogens is 1. The molecule has 0 saturated carbocycles. The minimum absolute atomic E-state index is 0.0392. The van der Waals surface area contributed by atoms with Crippen LogP contribution < -0.4 is 14.8 Å². The number of fused-ring (bicyclic) bond motifs is 1. The summed E-state index contributed by atoms with van der Waals surface area (Å²) in [5.74, 6) is 1.39. The second-order valence-electron chi connectivity index (χ2n) is 5.99. The van der Waals surface area contributed by atoms with E-state index in [4.69, 9.17) is 25.8 Å². The van der Waals surface area contributed by atoms with E-state index in [1.807, 2.05) is 12.1 Å². The maximum atomic E-state index is 6.19. The molecule has 3 rings (SSSR count). The summed E-state index contributed by atoms with van der Waals surface area (Å²) < 4.78 is 16.4. The van der Waals surface area contributed by atoms with Gasteiger partial charge in [-0.25, -0.2) is 0 Å². The number of rotatable bonds is 3. The van der Waals surface area contributed by atoms with E-state index in [-0.39, 0.29) is 12.4 Å². The fourth-order valence-corrected chi connectivity index (χ4v) is 3.08. The van der Waals surface area contributed by atoms with E-state index in [0.29, 0.717) is 16.8 Å². The van der Waals surface area contributed by atoms with E-state index >= 15 is 0 Å². The van der Waals surface area contributed by atoms with Crippen molar-refractivity contribution in [3.8, 4) is 11.5 Å². The van der Waals surface area contributed by atoms with Crippen molar-refractivity contribution in [3.63, 3.8) is 0 Å². The summed E-state index contributed by atoms with van der Waals surface area (Å²) in [6, 6.07) is 4.40. The van der Waals surface area contributed by atoms with Crippen molar-refractivity contribution >= 4 is 11.6 Å². The van der Waals surface area contributed by atoms with Crippen LogP contribution in [-0.4, -0.2) is 25.0 Å². The minimum atomic E-state index is -0.0392. The SMILES string of the molecule is CC1(C)CC(NCc2cc(Cl)c3c(c2)OCO3)CCO1. The minimum Gasteiger partial charge on any atom is -0.454 e. The van der Waals surface area contributed by atoms with Crippen molar-refractivity contribution in [3.05, 3.63) is 22.7 Å². The highest BCUT2D eigenvalue weighted by atomic mass is 35.5. The predicted molar refractivity (Wildman–Crippen MR) is 77.5 cm³/mol. The number of hydrogen-bond acceptors (Lipinski definition) is 4. The molecule has 0 aromatic heterocycles. The van der Waals surface area contributed by atoms with Gasteiger partial charge in [-0.15, -0.1) is 0 Å². The van der Waals surface area contributed by atoms with Gasteiger partial charge in [0.15, 0.2) is 11.5 Å². The lowest BCUT2D eigenvalue weighted by Crippen LogP contribution is -2.43. The summed E-state index contributed by atoms with van der Waals surface area (Å²) in [6.45, 7) is 6.11. The largest absolute Gasteiger partial charge is 0.454 e. The van der Waals surface area contributed by atoms with Gasteiger partial charge in [-0.3, -0.25) is 0 Å². The lowest BCUT2D eigenvalue weighted by atomic mass is 9.94. The highest BCUT2D eigenvalue weighted by molar-refractivity contribution is 6.32. The summed E-state index contributed by atoms with van der Waals surface area (Å²) in [6.07, 6.45) is 2.06. The van der Waals surface area contributed by atoms with Gasteiger partial charge in [-0.1, -0.05) is 11.6 Å². The molecule has 0 spiro atoms. The van der Waals surface area contributed by atoms with E-state index in [1.165, 1.54) is 0 Å². The Kier molecular flexibility index (Phi) is 3.80. The molecule has 1 atom stereocenters. The Morgan fingerprint density at radius 2 is 2.20 bits per heavy atom. The molecule has 1 aromatic rings. The summed E-state index contributed by atoms with van der Waals surface area (Å²) in [5.41, 5.74) is 1.08. The normalized spacial score (nSPS) is 23.9. The number of ether oxygens (including phenoxy) is 3. The van der Waals surface area contributed by atoms with Crippen LogP contribution in [0.4, 0.5) is 0 Å². The van der Waals surface area contributed by atoms with E-state index in [0.717, 1.165) is 37.3 Å². The average molecular weight is 298 g/mol. The van der Waals surface area contributed by atoms with Gasteiger partial charge in [0, 0.05) is 19.2 Å². The smallest absolute Gasteiger partial charge is 0.231 e. The van der Waals surface area contributed by atoms with Gasteiger partial charge in [0.2, 0.25) is 6.79 Å². The van der Waals surface area contributed by atoms with Crippen molar-refractivity contribution < 1.29 is 14.2 Å². The second kappa shape index (κ2) is 5.43. The van der Waals surface area contributed by atoms with Crippen LogP contribution >= 0.6 is 11.6 Å². The number of benzene rings is 1. The van der Waals surface area contributed by atoms with Gasteiger partial charge in [0.25, 0.3) is 0 Å². The van der Waals surface area contributed by atoms with E-state index in [2.05, 4.69) is 19.2 Å². The van der Waals surface area contributed by atoms with Gasteiger partial charge >= 0.3 is 0 Å². The van der Waals surface area contributed by atoms with Crippen LogP contribution in [0.2, 0.25) is 5.02 Å². The van der Waals surface area contributed by atoms with Gasteiger partial charge in [-0.05, 0) is 44.4 Å². The Morgan fingerprint density at radius 3 is 3.00 bits per heavy atom. The molecular weight excluding hydrogens is 278 g/mol. The Bertz CT molecular complexity index is 504. The van der Waals surface area contributed by atoms with Gasteiger partial charge in [0.1, 0.15) is 0 Å². The fraction of sp³-hybridized carbons (Fsp3) is 0.600. The summed E-state index contributed by atoms with van der Waals surface area (Å²) in [7, 11) is 0. The Labute approximate surface area is 124 Å². The summed E-state index contributed by atoms with van der Waals surface area (Å²) in [5, 5.41) is 4.19. The topological polar surface area (TPSA) is 39.7 Å². The van der Waals surface area contributed by atoms with Crippen molar-refractivity contribution in [2.45, 2.75) is 44.9 Å². The first-order valence-corrected chi connectivity index (χ1v) is 7.37. The molecular formula is C15H20ClNO3. The standard InChI is InChI=1S/C15H20ClNO3/c1-15(2)7-11(3-4-20-15)17-8-10-5-12(16)14-13(6-10)18-9-19-14/h5-6,11,17H,3-4,7-9H2,1-2H3. The molecule has 110 valence electrons. The van der Waals surface area contributed by atoms with Crippen LogP contribution in [0.1, 0.15) is 32.3 Å². The first-order chi connectivity index (χ1) is 9.53. The summed E-state index contributed by atoms with van der Waals surface area (Å²) >= 11 is 6.19. The molecule has 0 radical (unpaired) electrons. The maximum Gasteiger partial charge on any atom is 0.231 e. The molecule has 0 amide bonds. The van der Waals surface area contributed by atoms with Crippen LogP contribution in [-0.2, 0) is 11.3 Å². The number of hydrogen-bond donors (Lipinski definition) is 1. The molecule has 2 aliphatic heterocycles. The highest BCUT2D eigenvalue weighted by Crippen LogP contribution is 2.39. The van der Waals surface area contributed by atoms with Crippen molar-refractivity contribution in [1.29, 1.82) is 0 Å². The lowest BCUT2D eigenvalue weighted by Gasteiger charge is -2.36. The molecule has 1 saturated heterocycles. The Balaban J connectivity index is 1.63. The van der Waals surface area contributed by atoms with E-state index in [1.54, 1.807) is 0 Å². The van der Waals surface area contributed by atoms with E-state index in [9.17, 15) is 0 Å². The molecule has 2 heterocycles. The van der Waals surface area contributed by atoms with Crippen molar-refractivity contribution in [1.82, 2.24) is 5.32 Å². The van der Waals surface area contributed by atoms with Gasteiger partial charge in [0.05, 0.1) is 10.6 Å². The molecule has 1 N–H and O–H groups in total. The number of nitrogens with one attached hydrogen (secondary N) is 1. The zero-order valence-electron chi connectivity index (χ0n) is 11.9. The maximum absolute atomic E-state index is 6.19. The van der Waals surface area contributed by atoms with Crippen LogP contribution in [0.15, 0.2) is 12.1 Å². The van der Waals surface area contributed by atoms with Crippen LogP contribution in [0.5, 0.6) is 11.5 Å². The Morgan fingerprint density at radius 1 is 1.35 bits per heavy atom. The van der Waals surface area contributed by atoms with Gasteiger partial charge < -0.3 is 19.5 Å². The lowest BCUT2D eigenvalue weighted by molar-refractivity contribution is -0.0630. The van der Waals surface area contributed by atoms with Crippen LogP contribution in [0.3, 0.4) is 0 Å². The highest BCUT2D eigenvalue weighted by Gasteiger charge is 2.28.